The molecule has 0 fully saturated rings. The van der Waals surface area contributed by atoms with Gasteiger partial charge in [-0.2, -0.15) is 0 Å². The Morgan fingerprint density at radius 3 is 1.18 bits per heavy atom. The molecule has 0 atom stereocenters. The first kappa shape index (κ1) is 27.8. The lowest BCUT2D eigenvalue weighted by Gasteiger charge is -2.35. The fourth-order valence-corrected chi connectivity index (χ4v) is 8.68. The van der Waals surface area contributed by atoms with E-state index in [0.717, 1.165) is 11.1 Å². The number of hydrogen-bond donors (Lipinski definition) is 0. The molecule has 0 amide bonds. The molecule has 0 unspecified atom stereocenters. The highest BCUT2D eigenvalue weighted by atomic mass is 28.5. The highest BCUT2D eigenvalue weighted by molar-refractivity contribution is 6.68. The Hall–Kier alpha value is -1.41. The molecule has 0 saturated heterocycles. The summed E-state index contributed by atoms with van der Waals surface area (Å²) in [7, 11) is -7.23. The third-order valence-electron chi connectivity index (χ3n) is 4.69. The van der Waals surface area contributed by atoms with E-state index < -0.39 is 18.1 Å². The zero-order valence-electron chi connectivity index (χ0n) is 20.5. The van der Waals surface area contributed by atoms with Crippen molar-refractivity contribution >= 4 is 18.1 Å². The summed E-state index contributed by atoms with van der Waals surface area (Å²) in [5, 5.41) is 0. The maximum absolute atomic E-state index is 6.44. The minimum atomic E-state index is -3.68. The molecule has 0 aliphatic carbocycles. The van der Waals surface area contributed by atoms with Crippen LogP contribution >= 0.6 is 0 Å². The quantitative estimate of drug-likeness (QED) is 0.290. The number of rotatable bonds is 17. The van der Waals surface area contributed by atoms with E-state index in [0.29, 0.717) is 39.6 Å². The molecular formula is C24H38O7Si2. The minimum Gasteiger partial charge on any atom is -0.352 e. The van der Waals surface area contributed by atoms with Gasteiger partial charge in [0.15, 0.2) is 0 Å². The van der Waals surface area contributed by atoms with Gasteiger partial charge in [-0.25, -0.2) is 0 Å². The van der Waals surface area contributed by atoms with Crippen molar-refractivity contribution in [1.29, 1.82) is 0 Å². The summed E-state index contributed by atoms with van der Waals surface area (Å²) in [6, 6.07) is 20.5. The van der Waals surface area contributed by atoms with Crippen LogP contribution in [0.4, 0.5) is 0 Å². The van der Waals surface area contributed by atoms with Gasteiger partial charge in [0.25, 0.3) is 0 Å². The second-order valence-corrected chi connectivity index (χ2v) is 11.5. The highest BCUT2D eigenvalue weighted by Gasteiger charge is 2.59. The Kier molecular flexibility index (Phi) is 12.5. The summed E-state index contributed by atoms with van der Waals surface area (Å²) in [4.78, 5) is 0. The Balaban J connectivity index is 2.38. The monoisotopic (exact) mass is 494 g/mol. The third-order valence-corrected chi connectivity index (χ3v) is 10.4. The highest BCUT2D eigenvalue weighted by Crippen LogP contribution is 2.29. The molecule has 0 bridgehead atoms. The third kappa shape index (κ3) is 8.39. The van der Waals surface area contributed by atoms with E-state index in [-0.39, 0.29) is 5.92 Å². The van der Waals surface area contributed by atoms with E-state index in [9.17, 15) is 0 Å². The van der Waals surface area contributed by atoms with E-state index in [2.05, 4.69) is 24.3 Å². The second-order valence-electron chi connectivity index (χ2n) is 6.95. The lowest BCUT2D eigenvalue weighted by atomic mass is 9.92. The summed E-state index contributed by atoms with van der Waals surface area (Å²) in [5.41, 5.74) is 2.25. The average Bonchev–Trinajstić information content (AvgIpc) is 2.81. The van der Waals surface area contributed by atoms with E-state index in [1.165, 1.54) is 0 Å². The summed E-state index contributed by atoms with van der Waals surface area (Å²) >= 11 is 0. The fraction of sp³-hybridized carbons (Fsp3) is 0.500. The average molecular weight is 495 g/mol. The molecule has 0 spiro atoms. The largest absolute Gasteiger partial charge is 0.673 e. The van der Waals surface area contributed by atoms with Gasteiger partial charge in [0.05, 0.1) is 6.61 Å². The van der Waals surface area contributed by atoms with Crippen LogP contribution in [-0.2, 0) is 30.7 Å². The van der Waals surface area contributed by atoms with Gasteiger partial charge in [-0.3, -0.25) is 0 Å². The van der Waals surface area contributed by atoms with Gasteiger partial charge < -0.3 is 30.7 Å². The van der Waals surface area contributed by atoms with Crippen molar-refractivity contribution in [2.45, 2.75) is 40.5 Å². The van der Waals surface area contributed by atoms with Crippen molar-refractivity contribution < 1.29 is 30.7 Å². The van der Waals surface area contributed by atoms with Gasteiger partial charge in [-0.05, 0) is 45.7 Å². The smallest absolute Gasteiger partial charge is 0.352 e. The Labute approximate surface area is 200 Å². The standard InChI is InChI=1S/C24H38O7Si2/c1-6-25-32(26-7-2,27-8-3)31-33(28-9-4,29-10-5)30-21-24(22-17-13-11-14-18-22)23-19-15-12-16-20-23/h11-20,24H,6-10,21H2,1-5H3. The van der Waals surface area contributed by atoms with Crippen molar-refractivity contribution in [2.24, 2.45) is 0 Å². The Morgan fingerprint density at radius 2 is 0.848 bits per heavy atom. The van der Waals surface area contributed by atoms with Gasteiger partial charge in [-0.1, -0.05) is 60.7 Å². The SMILES string of the molecule is CCO[Si](OCC)(OCC)O[Si](OCC)(OCC)OCC(c1ccccc1)c1ccccc1. The molecule has 0 aliphatic rings. The van der Waals surface area contributed by atoms with E-state index in [1.54, 1.807) is 0 Å². The molecule has 0 aliphatic heterocycles. The molecule has 33 heavy (non-hydrogen) atoms. The van der Waals surface area contributed by atoms with Crippen LogP contribution in [-0.4, -0.2) is 57.7 Å². The molecule has 9 heteroatoms. The molecule has 0 heterocycles. The van der Waals surface area contributed by atoms with E-state index >= 15 is 0 Å². The molecule has 0 radical (unpaired) electrons. The zero-order chi connectivity index (χ0) is 24.0. The van der Waals surface area contributed by atoms with E-state index in [4.69, 9.17) is 30.7 Å². The first-order valence-corrected chi connectivity index (χ1v) is 15.0. The van der Waals surface area contributed by atoms with Crippen LogP contribution in [0.3, 0.4) is 0 Å². The number of hydrogen-bond acceptors (Lipinski definition) is 7. The van der Waals surface area contributed by atoms with Gasteiger partial charge in [0.1, 0.15) is 0 Å². The summed E-state index contributed by atoms with van der Waals surface area (Å²) < 4.78 is 42.6. The van der Waals surface area contributed by atoms with Crippen molar-refractivity contribution in [2.75, 3.05) is 39.6 Å². The molecule has 2 aromatic rings. The van der Waals surface area contributed by atoms with Crippen molar-refractivity contribution in [3.05, 3.63) is 71.8 Å². The Bertz CT molecular complexity index is 701. The molecule has 0 aromatic heterocycles. The van der Waals surface area contributed by atoms with Crippen LogP contribution in [0.2, 0.25) is 0 Å². The van der Waals surface area contributed by atoms with Crippen LogP contribution in [0.25, 0.3) is 0 Å². The first-order chi connectivity index (χ1) is 16.1. The van der Waals surface area contributed by atoms with Gasteiger partial charge in [-0.15, -0.1) is 0 Å². The molecule has 2 aromatic carbocycles. The normalized spacial score (nSPS) is 12.4. The molecule has 0 saturated carbocycles. The van der Waals surface area contributed by atoms with Gasteiger partial charge >= 0.3 is 18.1 Å². The maximum atomic E-state index is 6.44. The molecule has 2 rings (SSSR count). The van der Waals surface area contributed by atoms with Crippen LogP contribution < -0.4 is 0 Å². The molecule has 184 valence electrons. The van der Waals surface area contributed by atoms with Crippen LogP contribution in [0.5, 0.6) is 0 Å². The second kappa shape index (κ2) is 14.8. The van der Waals surface area contributed by atoms with E-state index in [1.807, 2.05) is 71.0 Å². The lowest BCUT2D eigenvalue weighted by Crippen LogP contribution is -2.62. The Morgan fingerprint density at radius 1 is 0.515 bits per heavy atom. The lowest BCUT2D eigenvalue weighted by molar-refractivity contribution is -0.0625. The van der Waals surface area contributed by atoms with Gasteiger partial charge in [0, 0.05) is 39.0 Å². The summed E-state index contributed by atoms with van der Waals surface area (Å²) in [6.07, 6.45) is 0. The topological polar surface area (TPSA) is 64.6 Å². The minimum absolute atomic E-state index is 0.0360. The fourth-order valence-electron chi connectivity index (χ4n) is 3.40. The van der Waals surface area contributed by atoms with Crippen molar-refractivity contribution in [3.8, 4) is 0 Å². The van der Waals surface area contributed by atoms with Crippen LogP contribution in [0.15, 0.2) is 60.7 Å². The maximum Gasteiger partial charge on any atom is 0.673 e. The van der Waals surface area contributed by atoms with Gasteiger partial charge in [0.2, 0.25) is 0 Å². The molecule has 7 nitrogen and oxygen atoms in total. The predicted molar refractivity (Wildman–Crippen MR) is 131 cm³/mol. The molecule has 0 N–H and O–H groups in total. The van der Waals surface area contributed by atoms with Crippen LogP contribution in [0, 0.1) is 0 Å². The first-order valence-electron chi connectivity index (χ1n) is 11.7. The van der Waals surface area contributed by atoms with Crippen LogP contribution in [0.1, 0.15) is 51.7 Å². The van der Waals surface area contributed by atoms with Crippen molar-refractivity contribution in [1.82, 2.24) is 0 Å². The van der Waals surface area contributed by atoms with Crippen molar-refractivity contribution in [3.63, 3.8) is 0 Å². The number of benzene rings is 2. The predicted octanol–water partition coefficient (Wildman–Crippen LogP) is 4.91. The summed E-state index contributed by atoms with van der Waals surface area (Å²) in [5.74, 6) is -0.0360. The molecular weight excluding hydrogens is 456 g/mol. The zero-order valence-corrected chi connectivity index (χ0v) is 22.5. The summed E-state index contributed by atoms with van der Waals surface area (Å²) in [6.45, 7) is 11.5.